The number of ether oxygens (including phenoxy) is 4. The maximum absolute atomic E-state index is 12.5. The standard InChI is InChI=1S/C40H32N6O8/c1-51-37(47)25-9-5-21-41-29(25)13-17-33-34(18-14-30-26(38(48)52-2)10-6-22-42-30)46-36(20-16-32-28(40(50)54-4)12-8-24-44-32)35(45-33)19-15-31-27(39(49)53-3)11-7-23-43-31/h5-24H,1-4H3. The van der Waals surface area contributed by atoms with Gasteiger partial charge >= 0.3 is 23.9 Å². The largest absolute Gasteiger partial charge is 0.465 e. The Balaban J connectivity index is 1.74. The van der Waals surface area contributed by atoms with Gasteiger partial charge < -0.3 is 18.9 Å². The van der Waals surface area contributed by atoms with Gasteiger partial charge in [-0.3, -0.25) is 19.9 Å². The molecule has 0 spiro atoms. The van der Waals surface area contributed by atoms with Crippen molar-refractivity contribution in [2.24, 2.45) is 0 Å². The Kier molecular flexibility index (Phi) is 12.7. The number of hydrogen-bond acceptors (Lipinski definition) is 14. The summed E-state index contributed by atoms with van der Waals surface area (Å²) in [6.45, 7) is 0. The van der Waals surface area contributed by atoms with Crippen LogP contribution in [-0.4, -0.2) is 82.2 Å². The van der Waals surface area contributed by atoms with Crippen molar-refractivity contribution in [2.45, 2.75) is 0 Å². The van der Waals surface area contributed by atoms with Gasteiger partial charge in [-0.15, -0.1) is 0 Å². The van der Waals surface area contributed by atoms with E-state index >= 15 is 0 Å². The second-order valence-corrected chi connectivity index (χ2v) is 10.8. The number of carbonyl (C=O) groups is 4. The zero-order chi connectivity index (χ0) is 38.5. The van der Waals surface area contributed by atoms with Crippen LogP contribution in [0.3, 0.4) is 0 Å². The normalized spacial score (nSPS) is 11.3. The molecule has 0 saturated heterocycles. The predicted octanol–water partition coefficient (Wildman–Crippen LogP) is 5.88. The molecular formula is C40H32N6O8. The van der Waals surface area contributed by atoms with Crippen LogP contribution in [0.2, 0.25) is 0 Å². The van der Waals surface area contributed by atoms with Crippen LogP contribution in [0.1, 0.15) is 87.0 Å². The van der Waals surface area contributed by atoms with Crippen molar-refractivity contribution in [3.05, 3.63) is 141 Å². The summed E-state index contributed by atoms with van der Waals surface area (Å²) in [6.07, 6.45) is 18.9. The number of pyridine rings is 4. The van der Waals surface area contributed by atoms with Crippen molar-refractivity contribution in [2.75, 3.05) is 28.4 Å². The smallest absolute Gasteiger partial charge is 0.340 e. The van der Waals surface area contributed by atoms with Crippen LogP contribution in [0.25, 0.3) is 48.6 Å². The number of nitrogens with zero attached hydrogens (tertiary/aromatic N) is 6. The molecule has 5 aromatic heterocycles. The van der Waals surface area contributed by atoms with Gasteiger partial charge in [0, 0.05) is 24.8 Å². The summed E-state index contributed by atoms with van der Waals surface area (Å²) in [4.78, 5) is 77.2. The van der Waals surface area contributed by atoms with E-state index in [-0.39, 0.29) is 22.3 Å². The second kappa shape index (κ2) is 18.1. The summed E-state index contributed by atoms with van der Waals surface area (Å²) in [5.74, 6) is -2.33. The minimum atomic E-state index is -0.582. The van der Waals surface area contributed by atoms with Gasteiger partial charge in [-0.05, 0) is 97.1 Å². The van der Waals surface area contributed by atoms with Crippen molar-refractivity contribution in [1.82, 2.24) is 29.9 Å². The SMILES string of the molecule is COC(=O)c1cccnc1C=Cc1nc(C=Cc2ncccc2C(=O)OC)c(C=Cc2ncccc2C(=O)OC)nc1C=Cc1ncccc1C(=O)OC. The third-order valence-electron chi connectivity index (χ3n) is 7.58. The molecule has 0 bridgehead atoms. The summed E-state index contributed by atoms with van der Waals surface area (Å²) in [5, 5.41) is 0. The highest BCUT2D eigenvalue weighted by Gasteiger charge is 2.16. The molecule has 0 N–H and O–H groups in total. The van der Waals surface area contributed by atoms with Gasteiger partial charge in [-0.1, -0.05) is 0 Å². The summed E-state index contributed by atoms with van der Waals surface area (Å²) >= 11 is 0. The van der Waals surface area contributed by atoms with Gasteiger partial charge in [-0.25, -0.2) is 29.1 Å². The monoisotopic (exact) mass is 724 g/mol. The molecule has 0 aliphatic rings. The van der Waals surface area contributed by atoms with Gasteiger partial charge in [-0.2, -0.15) is 0 Å². The third-order valence-corrected chi connectivity index (χ3v) is 7.58. The van der Waals surface area contributed by atoms with Gasteiger partial charge in [0.25, 0.3) is 0 Å². The highest BCUT2D eigenvalue weighted by atomic mass is 16.5. The maximum Gasteiger partial charge on any atom is 0.340 e. The lowest BCUT2D eigenvalue weighted by Gasteiger charge is -2.09. The second-order valence-electron chi connectivity index (χ2n) is 10.8. The van der Waals surface area contributed by atoms with Crippen LogP contribution < -0.4 is 0 Å². The van der Waals surface area contributed by atoms with Gasteiger partial charge in [0.05, 0.1) is 96.2 Å². The van der Waals surface area contributed by atoms with E-state index in [9.17, 15) is 19.2 Å². The Morgan fingerprint density at radius 2 is 0.574 bits per heavy atom. The summed E-state index contributed by atoms with van der Waals surface area (Å²) < 4.78 is 19.7. The topological polar surface area (TPSA) is 183 Å². The first-order valence-corrected chi connectivity index (χ1v) is 16.1. The van der Waals surface area contributed by atoms with Crippen LogP contribution in [0.15, 0.2) is 73.3 Å². The van der Waals surface area contributed by atoms with Crippen LogP contribution >= 0.6 is 0 Å². The maximum atomic E-state index is 12.5. The van der Waals surface area contributed by atoms with Crippen LogP contribution in [0.5, 0.6) is 0 Å². The molecule has 5 heterocycles. The first-order chi connectivity index (χ1) is 26.3. The number of carbonyl (C=O) groups excluding carboxylic acids is 4. The molecule has 5 aromatic rings. The highest BCUT2D eigenvalue weighted by Crippen LogP contribution is 2.22. The zero-order valence-electron chi connectivity index (χ0n) is 29.5. The fourth-order valence-electron chi connectivity index (χ4n) is 4.94. The summed E-state index contributed by atoms with van der Waals surface area (Å²) in [7, 11) is 5.09. The molecule has 0 fully saturated rings. The molecule has 5 rings (SSSR count). The van der Waals surface area contributed by atoms with E-state index in [0.29, 0.717) is 45.6 Å². The van der Waals surface area contributed by atoms with Crippen LogP contribution in [0.4, 0.5) is 0 Å². The average molecular weight is 725 g/mol. The lowest BCUT2D eigenvalue weighted by atomic mass is 10.1. The highest BCUT2D eigenvalue weighted by molar-refractivity contribution is 5.97. The van der Waals surface area contributed by atoms with E-state index in [1.807, 2.05) is 0 Å². The first kappa shape index (κ1) is 37.8. The van der Waals surface area contributed by atoms with Gasteiger partial charge in [0.15, 0.2) is 0 Å². The van der Waals surface area contributed by atoms with Crippen molar-refractivity contribution in [3.63, 3.8) is 0 Å². The fourth-order valence-corrected chi connectivity index (χ4v) is 4.94. The Morgan fingerprint density at radius 1 is 0.370 bits per heavy atom. The predicted molar refractivity (Wildman–Crippen MR) is 200 cm³/mol. The van der Waals surface area contributed by atoms with Crippen LogP contribution in [0, 0.1) is 0 Å². The molecule has 14 heteroatoms. The van der Waals surface area contributed by atoms with E-state index < -0.39 is 23.9 Å². The molecule has 0 saturated carbocycles. The van der Waals surface area contributed by atoms with Gasteiger partial charge in [0.2, 0.25) is 0 Å². The molecule has 0 unspecified atom stereocenters. The molecule has 0 aliphatic carbocycles. The van der Waals surface area contributed by atoms with Crippen molar-refractivity contribution in [3.8, 4) is 0 Å². The molecule has 0 aromatic carbocycles. The van der Waals surface area contributed by atoms with E-state index in [4.69, 9.17) is 28.9 Å². The molecule has 0 radical (unpaired) electrons. The Hall–Kier alpha value is -7.48. The summed E-state index contributed by atoms with van der Waals surface area (Å²) in [6, 6.07) is 12.8. The van der Waals surface area contributed by atoms with Crippen molar-refractivity contribution < 1.29 is 38.1 Å². The van der Waals surface area contributed by atoms with E-state index in [1.54, 1.807) is 97.1 Å². The Labute approximate surface area is 309 Å². The molecular weight excluding hydrogens is 692 g/mol. The molecule has 14 nitrogen and oxygen atoms in total. The number of esters is 4. The van der Waals surface area contributed by atoms with Gasteiger partial charge in [0.1, 0.15) is 0 Å². The van der Waals surface area contributed by atoms with E-state index in [2.05, 4.69) is 19.9 Å². The summed E-state index contributed by atoms with van der Waals surface area (Å²) in [5.41, 5.74) is 3.35. The third kappa shape index (κ3) is 9.05. The number of rotatable bonds is 12. The molecule has 0 amide bonds. The molecule has 0 atom stereocenters. The minimum Gasteiger partial charge on any atom is -0.465 e. The zero-order valence-corrected chi connectivity index (χ0v) is 29.5. The van der Waals surface area contributed by atoms with Crippen LogP contribution in [-0.2, 0) is 18.9 Å². The fraction of sp³-hybridized carbons (Fsp3) is 0.100. The number of hydrogen-bond donors (Lipinski definition) is 0. The number of aromatic nitrogens is 6. The average Bonchev–Trinajstić information content (AvgIpc) is 3.22. The minimum absolute atomic E-state index is 0.222. The molecule has 54 heavy (non-hydrogen) atoms. The van der Waals surface area contributed by atoms with E-state index in [0.717, 1.165) is 0 Å². The lowest BCUT2D eigenvalue weighted by molar-refractivity contribution is 0.0591. The lowest BCUT2D eigenvalue weighted by Crippen LogP contribution is -2.06. The van der Waals surface area contributed by atoms with E-state index in [1.165, 1.54) is 53.2 Å². The van der Waals surface area contributed by atoms with Crippen molar-refractivity contribution >= 4 is 72.5 Å². The molecule has 270 valence electrons. The molecule has 0 aliphatic heterocycles. The van der Waals surface area contributed by atoms with Crippen molar-refractivity contribution in [1.29, 1.82) is 0 Å². The quantitative estimate of drug-likeness (QED) is 0.110. The Morgan fingerprint density at radius 3 is 0.778 bits per heavy atom. The Bertz CT molecular complexity index is 2010. The number of methoxy groups -OCH3 is 4. The first-order valence-electron chi connectivity index (χ1n) is 16.1.